The number of H-pyrrole nitrogens is 1. The van der Waals surface area contributed by atoms with Crippen molar-refractivity contribution in [1.82, 2.24) is 24.8 Å². The van der Waals surface area contributed by atoms with Gasteiger partial charge in [0, 0.05) is 61.4 Å². The predicted octanol–water partition coefficient (Wildman–Crippen LogP) is 2.56. The zero-order valence-corrected chi connectivity index (χ0v) is 17.6. The van der Waals surface area contributed by atoms with Crippen LogP contribution in [0.25, 0.3) is 0 Å². The van der Waals surface area contributed by atoms with E-state index in [1.54, 1.807) is 30.4 Å². The van der Waals surface area contributed by atoms with Crippen molar-refractivity contribution in [2.75, 3.05) is 31.7 Å². The minimum atomic E-state index is -0.124. The molecular weight excluding hydrogens is 384 g/mol. The first-order valence-corrected chi connectivity index (χ1v) is 10.6. The van der Waals surface area contributed by atoms with Gasteiger partial charge in [-0.15, -0.1) is 0 Å². The lowest BCUT2D eigenvalue weighted by Crippen LogP contribution is -2.18. The van der Waals surface area contributed by atoms with E-state index in [0.29, 0.717) is 24.5 Å². The van der Waals surface area contributed by atoms with E-state index >= 15 is 0 Å². The van der Waals surface area contributed by atoms with Crippen LogP contribution in [0.15, 0.2) is 53.8 Å². The Morgan fingerprint density at radius 3 is 2.79 bits per heavy atom. The van der Waals surface area contributed by atoms with E-state index in [1.807, 2.05) is 18.3 Å². The highest BCUT2D eigenvalue weighted by Gasteiger charge is 2.04. The molecule has 0 amide bonds. The molecule has 0 fully saturated rings. The zero-order chi connectivity index (χ0) is 20.5. The Bertz CT molecular complexity index is 961. The number of hydrogen-bond acceptors (Lipinski definition) is 7. The van der Waals surface area contributed by atoms with Crippen LogP contribution < -0.4 is 10.9 Å². The molecule has 0 aliphatic carbocycles. The Kier molecular flexibility index (Phi) is 7.77. The molecule has 29 heavy (non-hydrogen) atoms. The number of hydrogen-bond donors (Lipinski definition) is 2. The highest BCUT2D eigenvalue weighted by atomic mass is 32.2. The third-order valence-electron chi connectivity index (χ3n) is 4.16. The average molecular weight is 411 g/mol. The van der Waals surface area contributed by atoms with Crippen molar-refractivity contribution in [3.8, 4) is 0 Å². The quantitative estimate of drug-likeness (QED) is 0.497. The van der Waals surface area contributed by atoms with E-state index in [9.17, 15) is 4.79 Å². The smallest absolute Gasteiger partial charge is 0.255 e. The van der Waals surface area contributed by atoms with E-state index in [-0.39, 0.29) is 5.56 Å². The van der Waals surface area contributed by atoms with Gasteiger partial charge in [-0.2, -0.15) is 11.8 Å². The molecular formula is C21H26N6OS. The number of rotatable bonds is 10. The second kappa shape index (κ2) is 10.7. The molecule has 3 rings (SSSR count). The summed E-state index contributed by atoms with van der Waals surface area (Å²) in [5.74, 6) is 2.24. The highest BCUT2D eigenvalue weighted by Crippen LogP contribution is 2.12. The van der Waals surface area contributed by atoms with Gasteiger partial charge in [0.25, 0.3) is 5.56 Å². The topological polar surface area (TPSA) is 86.8 Å². The number of nitrogens with zero attached hydrogens (tertiary/aromatic N) is 4. The van der Waals surface area contributed by atoms with Crippen molar-refractivity contribution in [3.05, 3.63) is 81.8 Å². The highest BCUT2D eigenvalue weighted by molar-refractivity contribution is 7.98. The second-order valence-corrected chi connectivity index (χ2v) is 8.10. The standard InChI is InChI=1S/C21H26N6OS/c1-27(2)14-17-5-7-23-19(11-17)15-29-9-8-24-21-25-13-18(20(28)26-21)10-16-4-3-6-22-12-16/h3-7,11-13H,8-10,14-15H2,1-2H3,(H2,24,25,26,28). The fourth-order valence-electron chi connectivity index (χ4n) is 2.85. The van der Waals surface area contributed by atoms with Gasteiger partial charge in [0.15, 0.2) is 0 Å². The summed E-state index contributed by atoms with van der Waals surface area (Å²) in [5.41, 5.74) is 3.84. The maximum atomic E-state index is 12.3. The molecule has 0 radical (unpaired) electrons. The van der Waals surface area contributed by atoms with Gasteiger partial charge in [0.05, 0.1) is 5.69 Å². The third kappa shape index (κ3) is 6.99. The SMILES string of the molecule is CN(C)Cc1ccnc(CSCCNc2ncc(Cc3cccnc3)c(=O)[nH]2)c1. The molecule has 7 nitrogen and oxygen atoms in total. The van der Waals surface area contributed by atoms with Gasteiger partial charge >= 0.3 is 0 Å². The number of nitrogens with one attached hydrogen (secondary N) is 2. The van der Waals surface area contributed by atoms with E-state index in [4.69, 9.17) is 0 Å². The zero-order valence-electron chi connectivity index (χ0n) is 16.8. The van der Waals surface area contributed by atoms with Crippen molar-refractivity contribution in [2.45, 2.75) is 18.7 Å². The summed E-state index contributed by atoms with van der Waals surface area (Å²) >= 11 is 1.80. The molecule has 2 N–H and O–H groups in total. The first kappa shape index (κ1) is 21.0. The molecule has 0 aromatic carbocycles. The normalized spacial score (nSPS) is 11.0. The minimum Gasteiger partial charge on any atom is -0.355 e. The Hall–Kier alpha value is -2.71. The minimum absolute atomic E-state index is 0.124. The van der Waals surface area contributed by atoms with Gasteiger partial charge in [-0.05, 0) is 43.4 Å². The van der Waals surface area contributed by atoms with Crippen molar-refractivity contribution in [2.24, 2.45) is 0 Å². The Labute approximate surface area is 175 Å². The van der Waals surface area contributed by atoms with Crippen molar-refractivity contribution in [1.29, 1.82) is 0 Å². The average Bonchev–Trinajstić information content (AvgIpc) is 2.70. The summed E-state index contributed by atoms with van der Waals surface area (Å²) in [6.07, 6.45) is 7.49. The van der Waals surface area contributed by atoms with E-state index in [1.165, 1.54) is 5.56 Å². The summed E-state index contributed by atoms with van der Waals surface area (Å²) in [4.78, 5) is 30.0. The maximum absolute atomic E-state index is 12.3. The van der Waals surface area contributed by atoms with Gasteiger partial charge in [-0.25, -0.2) is 4.98 Å². The molecule has 0 aliphatic heterocycles. The Morgan fingerprint density at radius 1 is 1.14 bits per heavy atom. The van der Waals surface area contributed by atoms with Crippen LogP contribution in [-0.2, 0) is 18.7 Å². The largest absolute Gasteiger partial charge is 0.355 e. The van der Waals surface area contributed by atoms with Crippen molar-refractivity contribution in [3.63, 3.8) is 0 Å². The molecule has 0 bridgehead atoms. The van der Waals surface area contributed by atoms with Crippen molar-refractivity contribution >= 4 is 17.7 Å². The number of pyridine rings is 2. The number of aromatic amines is 1. The fourth-order valence-corrected chi connectivity index (χ4v) is 3.61. The summed E-state index contributed by atoms with van der Waals surface area (Å²) in [6, 6.07) is 8.01. The first-order valence-electron chi connectivity index (χ1n) is 9.47. The lowest BCUT2D eigenvalue weighted by Gasteiger charge is -2.10. The van der Waals surface area contributed by atoms with E-state index in [0.717, 1.165) is 29.3 Å². The molecule has 0 saturated carbocycles. The lowest BCUT2D eigenvalue weighted by atomic mass is 10.1. The number of aromatic nitrogens is 4. The summed E-state index contributed by atoms with van der Waals surface area (Å²) in [5, 5.41) is 3.17. The number of anilines is 1. The summed E-state index contributed by atoms with van der Waals surface area (Å²) in [6.45, 7) is 1.63. The fraction of sp³-hybridized carbons (Fsp3) is 0.333. The first-order chi connectivity index (χ1) is 14.1. The molecule has 3 aromatic heterocycles. The molecule has 3 aromatic rings. The van der Waals surface area contributed by atoms with E-state index < -0.39 is 0 Å². The maximum Gasteiger partial charge on any atom is 0.255 e. The van der Waals surface area contributed by atoms with Crippen LogP contribution in [-0.4, -0.2) is 51.2 Å². The number of thioether (sulfide) groups is 1. The van der Waals surface area contributed by atoms with Gasteiger partial charge in [-0.3, -0.25) is 19.7 Å². The van der Waals surface area contributed by atoms with Gasteiger partial charge in [0.2, 0.25) is 5.95 Å². The lowest BCUT2D eigenvalue weighted by molar-refractivity contribution is 0.402. The van der Waals surface area contributed by atoms with Gasteiger partial charge < -0.3 is 10.2 Å². The van der Waals surface area contributed by atoms with Crippen LogP contribution >= 0.6 is 11.8 Å². The van der Waals surface area contributed by atoms with Crippen LogP contribution in [0.4, 0.5) is 5.95 Å². The van der Waals surface area contributed by atoms with Gasteiger partial charge in [-0.1, -0.05) is 6.07 Å². The van der Waals surface area contributed by atoms with Crippen LogP contribution in [0.1, 0.15) is 22.4 Å². The van der Waals surface area contributed by atoms with Crippen LogP contribution in [0.2, 0.25) is 0 Å². The Morgan fingerprint density at radius 2 is 2.03 bits per heavy atom. The summed E-state index contributed by atoms with van der Waals surface area (Å²) < 4.78 is 0. The molecule has 0 unspecified atom stereocenters. The molecule has 0 saturated heterocycles. The van der Waals surface area contributed by atoms with Crippen LogP contribution in [0.3, 0.4) is 0 Å². The van der Waals surface area contributed by atoms with Crippen LogP contribution in [0, 0.1) is 0 Å². The van der Waals surface area contributed by atoms with Crippen LogP contribution in [0.5, 0.6) is 0 Å². The molecule has 152 valence electrons. The molecule has 8 heteroatoms. The van der Waals surface area contributed by atoms with Crippen molar-refractivity contribution < 1.29 is 0 Å². The monoisotopic (exact) mass is 410 g/mol. The van der Waals surface area contributed by atoms with E-state index in [2.05, 4.69) is 56.4 Å². The molecule has 0 aliphatic rings. The molecule has 0 atom stereocenters. The third-order valence-corrected chi connectivity index (χ3v) is 5.15. The predicted molar refractivity (Wildman–Crippen MR) is 118 cm³/mol. The molecule has 0 spiro atoms. The second-order valence-electron chi connectivity index (χ2n) is 7.00. The van der Waals surface area contributed by atoms with Gasteiger partial charge in [0.1, 0.15) is 0 Å². The molecule has 3 heterocycles. The summed E-state index contributed by atoms with van der Waals surface area (Å²) in [7, 11) is 4.12. The Balaban J connectivity index is 1.43.